The van der Waals surface area contributed by atoms with Crippen LogP contribution < -0.4 is 10.1 Å². The minimum absolute atomic E-state index is 0.134. The van der Waals surface area contributed by atoms with Gasteiger partial charge in [0.2, 0.25) is 5.88 Å². The lowest BCUT2D eigenvalue weighted by atomic mass is 10.1. The van der Waals surface area contributed by atoms with E-state index in [0.29, 0.717) is 12.2 Å². The Morgan fingerprint density at radius 3 is 2.56 bits per heavy atom. The number of carbonyl (C=O) groups excluding carboxylic acids is 1. The third-order valence-corrected chi connectivity index (χ3v) is 3.96. The van der Waals surface area contributed by atoms with Crippen LogP contribution in [0, 0.1) is 0 Å². The molecule has 1 aromatic carbocycles. The molecule has 0 saturated heterocycles. The average molecular weight is 395 g/mol. The summed E-state index contributed by atoms with van der Waals surface area (Å²) in [5.41, 5.74) is 0.325. The molecule has 0 spiro atoms. The normalized spacial score (nSPS) is 13.7. The molecule has 2 atom stereocenters. The van der Waals surface area contributed by atoms with Crippen molar-refractivity contribution in [3.8, 4) is 5.75 Å². The van der Waals surface area contributed by atoms with Crippen molar-refractivity contribution < 1.29 is 18.8 Å². The van der Waals surface area contributed by atoms with Gasteiger partial charge in [-0.2, -0.15) is 0 Å². The zero-order valence-corrected chi connectivity index (χ0v) is 16.9. The van der Waals surface area contributed by atoms with Gasteiger partial charge in [-0.1, -0.05) is 12.1 Å². The van der Waals surface area contributed by atoms with Gasteiger partial charge in [0.25, 0.3) is 0 Å². The van der Waals surface area contributed by atoms with Crippen LogP contribution in [0.5, 0.6) is 5.75 Å². The molecular formula is C17H25N5O4S. The number of rotatable bonds is 7. The molecule has 0 bridgehead atoms. The first-order valence-corrected chi connectivity index (χ1v) is 10.1. The Bertz CT molecular complexity index is 743. The van der Waals surface area contributed by atoms with Gasteiger partial charge in [-0.25, -0.2) is 4.79 Å². The van der Waals surface area contributed by atoms with Gasteiger partial charge in [0.15, 0.2) is 5.82 Å². The summed E-state index contributed by atoms with van der Waals surface area (Å²) in [6.45, 7) is 5.36. The first-order chi connectivity index (χ1) is 12.7. The van der Waals surface area contributed by atoms with Crippen LogP contribution in [0.2, 0.25) is 0 Å². The Labute approximate surface area is 161 Å². The summed E-state index contributed by atoms with van der Waals surface area (Å²) in [6.07, 6.45) is 1.41. The van der Waals surface area contributed by atoms with Gasteiger partial charge in [-0.3, -0.25) is 0 Å². The summed E-state index contributed by atoms with van der Waals surface area (Å²) >= 11 is -1.11. The summed E-state index contributed by atoms with van der Waals surface area (Å²) in [6, 6.07) is 6.92. The third-order valence-electron chi connectivity index (χ3n) is 3.37. The SMILES string of the molecule is COc1ccc(CC(NC(=O)OC(C)(C)C)c2nnn(C[S+](C)[O-])n2)cc1. The molecule has 0 fully saturated rings. The Hall–Kier alpha value is -2.33. The fraction of sp³-hybridized carbons (Fsp3) is 0.529. The van der Waals surface area contributed by atoms with Gasteiger partial charge in [-0.05, 0) is 54.9 Å². The minimum Gasteiger partial charge on any atom is -0.615 e. The van der Waals surface area contributed by atoms with Crippen LogP contribution >= 0.6 is 0 Å². The number of amides is 1. The maximum atomic E-state index is 12.2. The van der Waals surface area contributed by atoms with Gasteiger partial charge in [0.05, 0.1) is 13.4 Å². The summed E-state index contributed by atoms with van der Waals surface area (Å²) in [5.74, 6) is 1.20. The molecule has 2 rings (SSSR count). The summed E-state index contributed by atoms with van der Waals surface area (Å²) in [7, 11) is 1.60. The van der Waals surface area contributed by atoms with Crippen molar-refractivity contribution in [2.75, 3.05) is 13.4 Å². The summed E-state index contributed by atoms with van der Waals surface area (Å²) < 4.78 is 21.9. The average Bonchev–Trinajstić information content (AvgIpc) is 3.01. The number of hydrogen-bond acceptors (Lipinski definition) is 7. The smallest absolute Gasteiger partial charge is 0.408 e. The second kappa shape index (κ2) is 9.05. The van der Waals surface area contributed by atoms with E-state index < -0.39 is 28.9 Å². The molecule has 2 aromatic rings. The van der Waals surface area contributed by atoms with Crippen molar-refractivity contribution in [2.24, 2.45) is 0 Å². The Morgan fingerprint density at radius 1 is 1.33 bits per heavy atom. The van der Waals surface area contributed by atoms with Crippen LogP contribution in [-0.2, 0) is 28.2 Å². The van der Waals surface area contributed by atoms with E-state index in [1.807, 2.05) is 24.3 Å². The van der Waals surface area contributed by atoms with Crippen LogP contribution in [0.25, 0.3) is 0 Å². The predicted octanol–water partition coefficient (Wildman–Crippen LogP) is 1.83. The Kier molecular flexibility index (Phi) is 7.03. The van der Waals surface area contributed by atoms with Gasteiger partial charge < -0.3 is 19.3 Å². The van der Waals surface area contributed by atoms with E-state index >= 15 is 0 Å². The summed E-state index contributed by atoms with van der Waals surface area (Å²) in [4.78, 5) is 13.5. The maximum Gasteiger partial charge on any atom is 0.408 e. The number of methoxy groups -OCH3 is 1. The topological polar surface area (TPSA) is 114 Å². The van der Waals surface area contributed by atoms with E-state index in [9.17, 15) is 9.35 Å². The number of ether oxygens (including phenoxy) is 2. The van der Waals surface area contributed by atoms with Gasteiger partial charge in [0, 0.05) is 6.42 Å². The molecule has 148 valence electrons. The quantitative estimate of drug-likeness (QED) is 0.711. The van der Waals surface area contributed by atoms with Crippen molar-refractivity contribution in [3.05, 3.63) is 35.7 Å². The lowest BCUT2D eigenvalue weighted by molar-refractivity contribution is 0.0501. The van der Waals surface area contributed by atoms with Crippen molar-refractivity contribution >= 4 is 17.3 Å². The van der Waals surface area contributed by atoms with Crippen LogP contribution in [0.1, 0.15) is 38.2 Å². The molecule has 2 unspecified atom stereocenters. The van der Waals surface area contributed by atoms with E-state index in [-0.39, 0.29) is 5.88 Å². The molecule has 27 heavy (non-hydrogen) atoms. The molecule has 0 saturated carbocycles. The van der Waals surface area contributed by atoms with Crippen LogP contribution in [0.4, 0.5) is 4.79 Å². The molecular weight excluding hydrogens is 370 g/mol. The van der Waals surface area contributed by atoms with Crippen molar-refractivity contribution in [1.82, 2.24) is 25.5 Å². The molecule has 1 amide bonds. The van der Waals surface area contributed by atoms with Crippen molar-refractivity contribution in [1.29, 1.82) is 0 Å². The number of carbonyl (C=O) groups is 1. The lowest BCUT2D eigenvalue weighted by Crippen LogP contribution is -2.36. The van der Waals surface area contributed by atoms with E-state index in [1.54, 1.807) is 34.1 Å². The van der Waals surface area contributed by atoms with Gasteiger partial charge >= 0.3 is 6.09 Å². The predicted molar refractivity (Wildman–Crippen MR) is 101 cm³/mol. The standard InChI is InChI=1S/C17H25N5O4S/c1-17(2,3)26-16(23)18-14(10-12-6-8-13(25-4)9-7-12)15-19-21-22(20-15)11-27(5)24/h6-9,14H,10-11H2,1-5H3,(H,18,23). The van der Waals surface area contributed by atoms with Crippen molar-refractivity contribution in [3.63, 3.8) is 0 Å². The van der Waals surface area contributed by atoms with Crippen LogP contribution in [-0.4, -0.2) is 49.8 Å². The number of alkyl carbamates (subject to hydrolysis) is 1. The van der Waals surface area contributed by atoms with Crippen LogP contribution in [0.15, 0.2) is 24.3 Å². The van der Waals surface area contributed by atoms with E-state index in [0.717, 1.165) is 11.3 Å². The highest BCUT2D eigenvalue weighted by atomic mass is 32.2. The van der Waals surface area contributed by atoms with E-state index in [4.69, 9.17) is 9.47 Å². The van der Waals surface area contributed by atoms with Crippen molar-refractivity contribution in [2.45, 2.75) is 44.7 Å². The monoisotopic (exact) mass is 395 g/mol. The second-order valence-electron chi connectivity index (χ2n) is 6.97. The van der Waals surface area contributed by atoms with Gasteiger partial charge in [-0.15, -0.1) is 15.0 Å². The maximum absolute atomic E-state index is 12.2. The molecule has 0 aliphatic carbocycles. The number of nitrogens with one attached hydrogen (secondary N) is 1. The highest BCUT2D eigenvalue weighted by Gasteiger charge is 2.24. The van der Waals surface area contributed by atoms with Crippen LogP contribution in [0.3, 0.4) is 0 Å². The number of tetrazole rings is 1. The number of nitrogens with zero attached hydrogens (tertiary/aromatic N) is 4. The number of hydrogen-bond donors (Lipinski definition) is 1. The molecule has 1 N–H and O–H groups in total. The first kappa shape index (κ1) is 21.0. The largest absolute Gasteiger partial charge is 0.615 e. The number of aromatic nitrogens is 4. The second-order valence-corrected chi connectivity index (χ2v) is 8.38. The summed E-state index contributed by atoms with van der Waals surface area (Å²) in [5, 5.41) is 14.9. The van der Waals surface area contributed by atoms with Gasteiger partial charge in [0.1, 0.15) is 17.4 Å². The molecule has 1 heterocycles. The zero-order chi connectivity index (χ0) is 20.0. The fourth-order valence-corrected chi connectivity index (χ4v) is 2.70. The number of benzene rings is 1. The molecule has 0 aliphatic rings. The van der Waals surface area contributed by atoms with E-state index in [1.165, 1.54) is 4.80 Å². The molecule has 0 aliphatic heterocycles. The first-order valence-electron chi connectivity index (χ1n) is 8.36. The zero-order valence-electron chi connectivity index (χ0n) is 16.1. The fourth-order valence-electron chi connectivity index (χ4n) is 2.27. The molecule has 1 aromatic heterocycles. The lowest BCUT2D eigenvalue weighted by Gasteiger charge is -2.22. The highest BCUT2D eigenvalue weighted by molar-refractivity contribution is 7.89. The van der Waals surface area contributed by atoms with E-state index in [2.05, 4.69) is 20.7 Å². The minimum atomic E-state index is -1.11. The highest BCUT2D eigenvalue weighted by Crippen LogP contribution is 2.19. The molecule has 9 nitrogen and oxygen atoms in total. The molecule has 10 heteroatoms. The Balaban J connectivity index is 2.18. The Morgan fingerprint density at radius 2 is 2.00 bits per heavy atom. The third kappa shape index (κ3) is 7.06. The molecule has 0 radical (unpaired) electrons.